The van der Waals surface area contributed by atoms with Crippen LogP contribution >= 0.6 is 23.5 Å². The van der Waals surface area contributed by atoms with E-state index in [4.69, 9.17) is 15.0 Å². The van der Waals surface area contributed by atoms with Crippen molar-refractivity contribution < 1.29 is 5.11 Å². The first-order valence-electron chi connectivity index (χ1n) is 16.6. The second-order valence-corrected chi connectivity index (χ2v) is 15.8. The Morgan fingerprint density at radius 3 is 1.36 bits per heavy atom. The smallest absolute Gasteiger partial charge is 0.232 e. The molecule has 1 aromatic carbocycles. The lowest BCUT2D eigenvalue weighted by Crippen LogP contribution is -2.18. The van der Waals surface area contributed by atoms with Gasteiger partial charge in [0.1, 0.15) is 5.75 Å². The molecule has 0 spiro atoms. The van der Waals surface area contributed by atoms with Crippen molar-refractivity contribution in [3.63, 3.8) is 0 Å². The third-order valence-electron chi connectivity index (χ3n) is 7.53. The number of rotatable bonds is 20. The van der Waals surface area contributed by atoms with Crippen molar-refractivity contribution in [3.05, 3.63) is 23.3 Å². The number of anilines is 2. The monoisotopic (exact) mass is 616 g/mol. The molecule has 0 saturated carbocycles. The standard InChI is InChI=1S/C35H60N4OS2/c1-9-11-13-15-17-19-21-23-41-32-37-31(38-33(39-32)42-24-22-20-18-16-14-12-10-2)36-27-25-28(34(3,4)5)30(40)29(26-27)35(6,7)8/h25-26,40H,9-24H2,1-8H3,(H,36,37,38,39). The zero-order valence-corrected chi connectivity index (χ0v) is 29.7. The molecule has 7 heteroatoms. The molecular formula is C35H60N4OS2. The fraction of sp³-hybridized carbons (Fsp3) is 0.743. The number of nitrogens with one attached hydrogen (secondary N) is 1. The second kappa shape index (κ2) is 19.0. The highest BCUT2D eigenvalue weighted by atomic mass is 32.2. The summed E-state index contributed by atoms with van der Waals surface area (Å²) in [5, 5.41) is 16.3. The average molecular weight is 617 g/mol. The number of unbranched alkanes of at least 4 members (excludes halogenated alkanes) is 12. The quantitative estimate of drug-likeness (QED) is 0.0871. The number of hydrogen-bond donors (Lipinski definition) is 2. The van der Waals surface area contributed by atoms with Gasteiger partial charge in [-0.1, -0.05) is 156 Å². The van der Waals surface area contributed by atoms with E-state index >= 15 is 0 Å². The van der Waals surface area contributed by atoms with Crippen LogP contribution in [0.25, 0.3) is 0 Å². The molecule has 0 amide bonds. The van der Waals surface area contributed by atoms with Crippen LogP contribution in [0.5, 0.6) is 5.75 Å². The van der Waals surface area contributed by atoms with Crippen molar-refractivity contribution in [2.75, 3.05) is 16.8 Å². The first kappa shape index (κ1) is 36.7. The molecule has 2 N–H and O–H groups in total. The lowest BCUT2D eigenvalue weighted by molar-refractivity contribution is 0.423. The Kier molecular flexibility index (Phi) is 16.6. The van der Waals surface area contributed by atoms with Crippen molar-refractivity contribution in [1.82, 2.24) is 15.0 Å². The summed E-state index contributed by atoms with van der Waals surface area (Å²) < 4.78 is 0. The summed E-state index contributed by atoms with van der Waals surface area (Å²) in [7, 11) is 0. The minimum atomic E-state index is -0.198. The van der Waals surface area contributed by atoms with E-state index in [0.29, 0.717) is 11.7 Å². The van der Waals surface area contributed by atoms with E-state index in [1.807, 2.05) is 12.1 Å². The van der Waals surface area contributed by atoms with Crippen LogP contribution in [0.3, 0.4) is 0 Å². The first-order valence-corrected chi connectivity index (χ1v) is 18.6. The Morgan fingerprint density at radius 2 is 0.976 bits per heavy atom. The van der Waals surface area contributed by atoms with Gasteiger partial charge in [-0.2, -0.15) is 15.0 Å². The minimum absolute atomic E-state index is 0.198. The predicted octanol–water partition coefficient (Wildman–Crippen LogP) is 11.6. The Labute approximate surface area is 266 Å². The van der Waals surface area contributed by atoms with E-state index in [0.717, 1.165) is 38.6 Å². The predicted molar refractivity (Wildman–Crippen MR) is 186 cm³/mol. The van der Waals surface area contributed by atoms with Gasteiger partial charge < -0.3 is 10.4 Å². The number of phenols is 1. The van der Waals surface area contributed by atoms with Gasteiger partial charge in [0.15, 0.2) is 10.3 Å². The molecule has 0 radical (unpaired) electrons. The molecule has 1 aromatic heterocycles. The largest absolute Gasteiger partial charge is 0.507 e. The molecule has 5 nitrogen and oxygen atoms in total. The van der Waals surface area contributed by atoms with Crippen LogP contribution in [0, 0.1) is 0 Å². The lowest BCUT2D eigenvalue weighted by atomic mass is 9.79. The molecular weight excluding hydrogens is 557 g/mol. The second-order valence-electron chi connectivity index (χ2n) is 13.7. The fourth-order valence-corrected chi connectivity index (χ4v) is 6.67. The van der Waals surface area contributed by atoms with Crippen molar-refractivity contribution in [2.24, 2.45) is 0 Å². The molecule has 238 valence electrons. The van der Waals surface area contributed by atoms with E-state index in [2.05, 4.69) is 60.7 Å². The van der Waals surface area contributed by atoms with E-state index in [9.17, 15) is 5.11 Å². The van der Waals surface area contributed by atoms with E-state index < -0.39 is 0 Å². The van der Waals surface area contributed by atoms with Crippen molar-refractivity contribution in [2.45, 2.75) is 166 Å². The summed E-state index contributed by atoms with van der Waals surface area (Å²) >= 11 is 3.49. The number of aromatic hydroxyl groups is 1. The number of thioether (sulfide) groups is 2. The van der Waals surface area contributed by atoms with Crippen LogP contribution in [-0.2, 0) is 10.8 Å². The summed E-state index contributed by atoms with van der Waals surface area (Å²) in [4.78, 5) is 14.5. The Bertz CT molecular complexity index is 973. The van der Waals surface area contributed by atoms with Gasteiger partial charge in [0.25, 0.3) is 0 Å². The summed E-state index contributed by atoms with van der Waals surface area (Å²) in [6.45, 7) is 17.4. The molecule has 0 saturated heterocycles. The summed E-state index contributed by atoms with van der Waals surface area (Å²) in [6, 6.07) is 4.09. The summed E-state index contributed by atoms with van der Waals surface area (Å²) in [5.74, 6) is 3.02. The van der Waals surface area contributed by atoms with E-state index in [1.54, 1.807) is 23.5 Å². The molecule has 2 rings (SSSR count). The maximum atomic E-state index is 11.2. The van der Waals surface area contributed by atoms with Crippen LogP contribution in [0.1, 0.15) is 156 Å². The number of hydrogen-bond acceptors (Lipinski definition) is 7. The Balaban J connectivity index is 2.16. The van der Waals surface area contributed by atoms with E-state index in [1.165, 1.54) is 89.9 Å². The van der Waals surface area contributed by atoms with Crippen LogP contribution in [0.4, 0.5) is 11.6 Å². The molecule has 0 bridgehead atoms. The Morgan fingerprint density at radius 1 is 0.595 bits per heavy atom. The van der Waals surface area contributed by atoms with Gasteiger partial charge in [-0.15, -0.1) is 0 Å². The Hall–Kier alpha value is -1.47. The van der Waals surface area contributed by atoms with Gasteiger partial charge in [-0.25, -0.2) is 0 Å². The third kappa shape index (κ3) is 13.9. The highest BCUT2D eigenvalue weighted by Gasteiger charge is 2.27. The molecule has 0 aliphatic carbocycles. The van der Waals surface area contributed by atoms with Crippen molar-refractivity contribution in [3.8, 4) is 5.75 Å². The third-order valence-corrected chi connectivity index (χ3v) is 9.40. The van der Waals surface area contributed by atoms with Crippen molar-refractivity contribution in [1.29, 1.82) is 0 Å². The number of phenolic OH excluding ortho intramolecular Hbond substituents is 1. The molecule has 2 aromatic rings. The van der Waals surface area contributed by atoms with Crippen LogP contribution in [0.15, 0.2) is 22.4 Å². The average Bonchev–Trinajstić information content (AvgIpc) is 2.91. The number of benzene rings is 1. The van der Waals surface area contributed by atoms with Gasteiger partial charge in [-0.3, -0.25) is 0 Å². The molecule has 0 unspecified atom stereocenters. The topological polar surface area (TPSA) is 70.9 Å². The van der Waals surface area contributed by atoms with Crippen molar-refractivity contribution >= 4 is 35.2 Å². The van der Waals surface area contributed by atoms with Crippen LogP contribution < -0.4 is 5.32 Å². The number of aromatic nitrogens is 3. The molecule has 0 aliphatic rings. The maximum absolute atomic E-state index is 11.2. The molecule has 0 fully saturated rings. The SMILES string of the molecule is CCCCCCCCCSc1nc(Nc2cc(C(C)(C)C)c(O)c(C(C)(C)C)c2)nc(SCCCCCCCCC)n1. The minimum Gasteiger partial charge on any atom is -0.507 e. The summed E-state index contributed by atoms with van der Waals surface area (Å²) in [5.41, 5.74) is 2.35. The normalized spacial score (nSPS) is 12.2. The van der Waals surface area contributed by atoms with Gasteiger partial charge in [0, 0.05) is 28.3 Å². The van der Waals surface area contributed by atoms with Crippen LogP contribution in [-0.4, -0.2) is 31.6 Å². The van der Waals surface area contributed by atoms with Crippen LogP contribution in [0.2, 0.25) is 0 Å². The van der Waals surface area contributed by atoms with Gasteiger partial charge in [-0.05, 0) is 35.8 Å². The fourth-order valence-electron chi connectivity index (χ4n) is 4.95. The number of nitrogens with zero attached hydrogens (tertiary/aromatic N) is 3. The zero-order valence-electron chi connectivity index (χ0n) is 28.1. The molecule has 0 aliphatic heterocycles. The zero-order chi connectivity index (χ0) is 31.0. The summed E-state index contributed by atoms with van der Waals surface area (Å²) in [6.07, 6.45) is 18.2. The maximum Gasteiger partial charge on any atom is 0.232 e. The van der Waals surface area contributed by atoms with E-state index in [-0.39, 0.29) is 10.8 Å². The highest BCUT2D eigenvalue weighted by Crippen LogP contribution is 2.41. The molecule has 1 heterocycles. The van der Waals surface area contributed by atoms with Gasteiger partial charge >= 0.3 is 0 Å². The van der Waals surface area contributed by atoms with Gasteiger partial charge in [0.2, 0.25) is 5.95 Å². The highest BCUT2D eigenvalue weighted by molar-refractivity contribution is 7.99. The van der Waals surface area contributed by atoms with Gasteiger partial charge in [0.05, 0.1) is 0 Å². The molecule has 0 atom stereocenters. The molecule has 42 heavy (non-hydrogen) atoms. The lowest BCUT2D eigenvalue weighted by Gasteiger charge is -2.28. The first-order chi connectivity index (χ1) is 20.0.